The predicted molar refractivity (Wildman–Crippen MR) is 109 cm³/mol. The number of aromatic carboxylic acids is 1. The van der Waals surface area contributed by atoms with Crippen molar-refractivity contribution in [1.29, 1.82) is 0 Å². The van der Waals surface area contributed by atoms with Gasteiger partial charge in [-0.3, -0.25) is 4.79 Å². The molecule has 0 radical (unpaired) electrons. The average molecular weight is 398 g/mol. The van der Waals surface area contributed by atoms with Crippen LogP contribution in [0.3, 0.4) is 0 Å². The second kappa shape index (κ2) is 7.52. The first-order valence-corrected chi connectivity index (χ1v) is 9.06. The molecule has 0 bridgehead atoms. The zero-order chi connectivity index (χ0) is 20.5. The lowest BCUT2D eigenvalue weighted by molar-refractivity contribution is 0.0698. The van der Waals surface area contributed by atoms with Gasteiger partial charge in [-0.2, -0.15) is 0 Å². The van der Waals surface area contributed by atoms with Gasteiger partial charge in [0.05, 0.1) is 28.8 Å². The number of nitrogens with one attached hydrogen (secondary N) is 1. The van der Waals surface area contributed by atoms with Crippen LogP contribution in [0.25, 0.3) is 11.1 Å². The molecular weight excluding hydrogens is 378 g/mol. The number of carboxylic acids is 1. The third kappa shape index (κ3) is 4.10. The molecule has 0 saturated heterocycles. The molecule has 6 heteroatoms. The van der Waals surface area contributed by atoms with Crippen LogP contribution >= 0.6 is 11.6 Å². The van der Waals surface area contributed by atoms with Crippen molar-refractivity contribution < 1.29 is 19.1 Å². The van der Waals surface area contributed by atoms with E-state index in [4.69, 9.17) is 16.0 Å². The highest BCUT2D eigenvalue weighted by molar-refractivity contribution is 6.34. The Balaban J connectivity index is 1.92. The third-order valence-electron chi connectivity index (χ3n) is 4.43. The van der Waals surface area contributed by atoms with Gasteiger partial charge in [-0.05, 0) is 41.3 Å². The van der Waals surface area contributed by atoms with E-state index in [2.05, 4.69) is 26.1 Å². The largest absolute Gasteiger partial charge is 0.478 e. The van der Waals surface area contributed by atoms with Crippen LogP contribution in [0.15, 0.2) is 59.4 Å². The summed E-state index contributed by atoms with van der Waals surface area (Å²) < 4.78 is 5.03. The van der Waals surface area contributed by atoms with E-state index in [-0.39, 0.29) is 16.7 Å². The second-order valence-corrected chi connectivity index (χ2v) is 7.88. The fourth-order valence-electron chi connectivity index (χ4n) is 2.81. The number of hydrogen-bond donors (Lipinski definition) is 2. The van der Waals surface area contributed by atoms with Gasteiger partial charge in [0.15, 0.2) is 0 Å². The number of carbonyl (C=O) groups is 2. The van der Waals surface area contributed by atoms with E-state index in [0.29, 0.717) is 21.7 Å². The van der Waals surface area contributed by atoms with Crippen LogP contribution in [0.4, 0.5) is 5.69 Å². The minimum absolute atomic E-state index is 0.0259. The van der Waals surface area contributed by atoms with E-state index in [1.807, 2.05) is 12.1 Å². The van der Waals surface area contributed by atoms with Crippen LogP contribution in [0.1, 0.15) is 47.1 Å². The standard InChI is InChI=1S/C22H20ClNO4/c1-22(2,3)15-6-4-13(5-7-15)20(25)24-19-11-18(23)16(10-17(19)21(26)27)14-8-9-28-12-14/h4-12H,1-3H3,(H,24,25)(H,26,27). The van der Waals surface area contributed by atoms with E-state index in [1.165, 1.54) is 24.7 Å². The maximum absolute atomic E-state index is 12.6. The fourth-order valence-corrected chi connectivity index (χ4v) is 3.08. The van der Waals surface area contributed by atoms with Gasteiger partial charge >= 0.3 is 5.97 Å². The van der Waals surface area contributed by atoms with Gasteiger partial charge in [0, 0.05) is 16.7 Å². The first kappa shape index (κ1) is 19.7. The van der Waals surface area contributed by atoms with Crippen molar-refractivity contribution >= 4 is 29.2 Å². The maximum Gasteiger partial charge on any atom is 0.337 e. The van der Waals surface area contributed by atoms with Crippen LogP contribution in [-0.2, 0) is 5.41 Å². The quantitative estimate of drug-likeness (QED) is 0.578. The molecule has 3 aromatic rings. The van der Waals surface area contributed by atoms with Crippen molar-refractivity contribution in [2.75, 3.05) is 5.32 Å². The summed E-state index contributed by atoms with van der Waals surface area (Å²) in [5.41, 5.74) is 2.75. The number of benzene rings is 2. The van der Waals surface area contributed by atoms with Gasteiger partial charge < -0.3 is 14.8 Å². The maximum atomic E-state index is 12.6. The summed E-state index contributed by atoms with van der Waals surface area (Å²) in [5.74, 6) is -1.57. The molecule has 144 valence electrons. The molecular formula is C22H20ClNO4. The van der Waals surface area contributed by atoms with Crippen molar-refractivity contribution in [3.05, 3.63) is 76.7 Å². The lowest BCUT2D eigenvalue weighted by Crippen LogP contribution is -2.16. The zero-order valence-electron chi connectivity index (χ0n) is 15.7. The Morgan fingerprint density at radius 1 is 1.07 bits per heavy atom. The Morgan fingerprint density at radius 2 is 1.75 bits per heavy atom. The highest BCUT2D eigenvalue weighted by atomic mass is 35.5. The van der Waals surface area contributed by atoms with Gasteiger partial charge in [-0.25, -0.2) is 4.79 Å². The minimum atomic E-state index is -1.17. The average Bonchev–Trinajstić information content (AvgIpc) is 3.15. The second-order valence-electron chi connectivity index (χ2n) is 7.48. The van der Waals surface area contributed by atoms with Gasteiger partial charge in [-0.15, -0.1) is 0 Å². The van der Waals surface area contributed by atoms with Crippen molar-refractivity contribution in [2.45, 2.75) is 26.2 Å². The smallest absolute Gasteiger partial charge is 0.337 e. The summed E-state index contributed by atoms with van der Waals surface area (Å²) in [6.45, 7) is 6.26. The molecule has 28 heavy (non-hydrogen) atoms. The molecule has 0 atom stereocenters. The van der Waals surface area contributed by atoms with Gasteiger partial charge in [0.1, 0.15) is 0 Å². The Bertz CT molecular complexity index is 1020. The fraction of sp³-hybridized carbons (Fsp3) is 0.182. The molecule has 3 rings (SSSR count). The number of furan rings is 1. The molecule has 0 spiro atoms. The topological polar surface area (TPSA) is 79.5 Å². The lowest BCUT2D eigenvalue weighted by atomic mass is 9.86. The van der Waals surface area contributed by atoms with Crippen LogP contribution in [0.5, 0.6) is 0 Å². The van der Waals surface area contributed by atoms with E-state index >= 15 is 0 Å². The molecule has 1 heterocycles. The highest BCUT2D eigenvalue weighted by Gasteiger charge is 2.19. The number of hydrogen-bond acceptors (Lipinski definition) is 3. The highest BCUT2D eigenvalue weighted by Crippen LogP contribution is 2.34. The van der Waals surface area contributed by atoms with E-state index < -0.39 is 11.9 Å². The molecule has 2 N–H and O–H groups in total. The van der Waals surface area contributed by atoms with Crippen molar-refractivity contribution in [3.8, 4) is 11.1 Å². The summed E-state index contributed by atoms with van der Waals surface area (Å²) in [5, 5.41) is 12.5. The Hall–Kier alpha value is -3.05. The number of carboxylic acid groups (broad SMARTS) is 1. The molecule has 0 fully saturated rings. The number of amides is 1. The summed E-state index contributed by atoms with van der Waals surface area (Å²) in [4.78, 5) is 24.3. The van der Waals surface area contributed by atoms with Gasteiger partial charge in [0.2, 0.25) is 0 Å². The Labute approximate surface area is 167 Å². The molecule has 1 amide bonds. The number of carbonyl (C=O) groups excluding carboxylic acids is 1. The summed E-state index contributed by atoms with van der Waals surface area (Å²) in [7, 11) is 0. The van der Waals surface area contributed by atoms with E-state index in [1.54, 1.807) is 18.2 Å². The van der Waals surface area contributed by atoms with E-state index in [9.17, 15) is 14.7 Å². The third-order valence-corrected chi connectivity index (χ3v) is 4.74. The summed E-state index contributed by atoms with van der Waals surface area (Å²) in [6, 6.07) is 11.8. The SMILES string of the molecule is CC(C)(C)c1ccc(C(=O)Nc2cc(Cl)c(-c3ccoc3)cc2C(=O)O)cc1. The van der Waals surface area contributed by atoms with Crippen molar-refractivity contribution in [3.63, 3.8) is 0 Å². The molecule has 1 aromatic heterocycles. The number of halogens is 1. The van der Waals surface area contributed by atoms with Crippen LogP contribution in [0.2, 0.25) is 5.02 Å². The number of rotatable bonds is 4. The van der Waals surface area contributed by atoms with Crippen LogP contribution in [-0.4, -0.2) is 17.0 Å². The van der Waals surface area contributed by atoms with Gasteiger partial charge in [0.25, 0.3) is 5.91 Å². The van der Waals surface area contributed by atoms with E-state index in [0.717, 1.165) is 5.56 Å². The van der Waals surface area contributed by atoms with Crippen LogP contribution in [0, 0.1) is 0 Å². The first-order valence-electron chi connectivity index (χ1n) is 8.68. The zero-order valence-corrected chi connectivity index (χ0v) is 16.5. The number of anilines is 1. The normalized spacial score (nSPS) is 11.3. The Kier molecular flexibility index (Phi) is 5.29. The molecule has 2 aromatic carbocycles. The minimum Gasteiger partial charge on any atom is -0.478 e. The van der Waals surface area contributed by atoms with Crippen LogP contribution < -0.4 is 5.32 Å². The summed E-state index contributed by atoms with van der Waals surface area (Å²) >= 11 is 6.31. The Morgan fingerprint density at radius 3 is 2.29 bits per heavy atom. The van der Waals surface area contributed by atoms with Crippen molar-refractivity contribution in [2.24, 2.45) is 0 Å². The molecule has 0 saturated carbocycles. The monoisotopic (exact) mass is 397 g/mol. The molecule has 0 aliphatic heterocycles. The molecule has 0 unspecified atom stereocenters. The lowest BCUT2D eigenvalue weighted by Gasteiger charge is -2.19. The van der Waals surface area contributed by atoms with Gasteiger partial charge in [-0.1, -0.05) is 44.5 Å². The molecule has 5 nitrogen and oxygen atoms in total. The van der Waals surface area contributed by atoms with Crippen molar-refractivity contribution in [1.82, 2.24) is 0 Å². The molecule has 0 aliphatic rings. The first-order chi connectivity index (χ1) is 13.2. The molecule has 0 aliphatic carbocycles. The summed E-state index contributed by atoms with van der Waals surface area (Å²) in [6.07, 6.45) is 2.95. The predicted octanol–water partition coefficient (Wildman–Crippen LogP) is 5.85.